The summed E-state index contributed by atoms with van der Waals surface area (Å²) in [5.41, 5.74) is 15.2. The second-order valence-corrected chi connectivity index (χ2v) is 13.1. The van der Waals surface area contributed by atoms with Crippen LogP contribution in [0.5, 0.6) is 0 Å². The first-order valence-corrected chi connectivity index (χ1v) is 17.1. The van der Waals surface area contributed by atoms with E-state index in [1.54, 1.807) is 0 Å². The molecule has 5 aromatic carbocycles. The van der Waals surface area contributed by atoms with E-state index in [1.807, 2.05) is 0 Å². The molecular weight excluding hydrogens is 547 g/mol. The maximum Gasteiger partial charge on any atom is 0.252 e. The van der Waals surface area contributed by atoms with Crippen molar-refractivity contribution in [3.8, 4) is 11.4 Å². The van der Waals surface area contributed by atoms with Gasteiger partial charge < -0.3 is 13.9 Å². The summed E-state index contributed by atoms with van der Waals surface area (Å²) in [7, 11) is 0. The summed E-state index contributed by atoms with van der Waals surface area (Å²) < 4.78 is 10.7. The number of ether oxygens (including phenoxy) is 1. The second kappa shape index (κ2) is 10.7. The van der Waals surface area contributed by atoms with Gasteiger partial charge in [-0.3, -0.25) is 0 Å². The monoisotopic (exact) mass is 586 g/mol. The van der Waals surface area contributed by atoms with Crippen molar-refractivity contribution in [3.63, 3.8) is 0 Å². The third kappa shape index (κ3) is 3.88. The highest BCUT2D eigenvalue weighted by atomic mass is 16.5. The van der Waals surface area contributed by atoms with Crippen molar-refractivity contribution >= 4 is 66.7 Å². The lowest BCUT2D eigenvalue weighted by molar-refractivity contribution is 0.143. The first-order valence-electron chi connectivity index (χ1n) is 17.1. The Kier molecular flexibility index (Phi) is 6.42. The lowest BCUT2D eigenvalue weighted by atomic mass is 9.34. The van der Waals surface area contributed by atoms with Gasteiger partial charge in [0.25, 0.3) is 6.71 Å². The predicted molar refractivity (Wildman–Crippen MR) is 192 cm³/mol. The molecule has 0 fully saturated rings. The number of unbranched alkanes of at least 4 members (excludes halogenated alkanes) is 5. The van der Waals surface area contributed by atoms with Gasteiger partial charge in [-0.25, -0.2) is 0 Å². The van der Waals surface area contributed by atoms with Crippen LogP contribution in [0.15, 0.2) is 91.0 Å². The van der Waals surface area contributed by atoms with Crippen LogP contribution in [0.2, 0.25) is 0 Å². The van der Waals surface area contributed by atoms with Crippen LogP contribution in [0.25, 0.3) is 55.0 Å². The Labute approximate surface area is 265 Å². The Hall–Kier alpha value is -4.28. The number of para-hydroxylation sites is 2. The summed E-state index contributed by atoms with van der Waals surface area (Å²) >= 11 is 0. The van der Waals surface area contributed by atoms with Crippen LogP contribution in [-0.4, -0.2) is 29.1 Å². The first-order chi connectivity index (χ1) is 22.3. The van der Waals surface area contributed by atoms with Crippen molar-refractivity contribution in [2.75, 3.05) is 13.2 Å². The Bertz CT molecular complexity index is 2270. The van der Waals surface area contributed by atoms with Gasteiger partial charge in [0.2, 0.25) is 0 Å². The highest BCUT2D eigenvalue weighted by Crippen LogP contribution is 2.40. The molecule has 45 heavy (non-hydrogen) atoms. The van der Waals surface area contributed by atoms with E-state index < -0.39 is 0 Å². The lowest BCUT2D eigenvalue weighted by Gasteiger charge is -2.33. The molecule has 0 amide bonds. The third-order valence-corrected chi connectivity index (χ3v) is 10.6. The molecule has 0 radical (unpaired) electrons. The number of hydrogen-bond acceptors (Lipinski definition) is 1. The Morgan fingerprint density at radius 2 is 1.20 bits per heavy atom. The maximum atomic E-state index is 5.52. The molecule has 0 spiro atoms. The van der Waals surface area contributed by atoms with Gasteiger partial charge in [0, 0.05) is 57.2 Å². The molecule has 0 aliphatic carbocycles. The smallest absolute Gasteiger partial charge is 0.252 e. The zero-order valence-corrected chi connectivity index (χ0v) is 26.4. The fraction of sp³-hybridized carbons (Fsp3) is 0.268. The molecular formula is C41H39BN2O. The van der Waals surface area contributed by atoms with Crippen molar-refractivity contribution in [3.05, 3.63) is 102 Å². The molecule has 0 unspecified atom stereocenters. The molecule has 0 bridgehead atoms. The van der Waals surface area contributed by atoms with E-state index in [0.717, 1.165) is 19.6 Å². The Morgan fingerprint density at radius 1 is 0.600 bits per heavy atom. The van der Waals surface area contributed by atoms with Gasteiger partial charge in [0.1, 0.15) is 0 Å². The summed E-state index contributed by atoms with van der Waals surface area (Å²) in [4.78, 5) is 0. The van der Waals surface area contributed by atoms with E-state index >= 15 is 0 Å². The van der Waals surface area contributed by atoms with Gasteiger partial charge in [-0.1, -0.05) is 92.4 Å². The molecule has 0 saturated carbocycles. The van der Waals surface area contributed by atoms with E-state index in [0.29, 0.717) is 0 Å². The zero-order chi connectivity index (χ0) is 30.1. The molecule has 4 heterocycles. The first kappa shape index (κ1) is 27.1. The van der Waals surface area contributed by atoms with Gasteiger partial charge in [-0.05, 0) is 84.9 Å². The zero-order valence-electron chi connectivity index (χ0n) is 26.4. The van der Waals surface area contributed by atoms with Crippen LogP contribution < -0.4 is 16.4 Å². The van der Waals surface area contributed by atoms with Crippen LogP contribution in [-0.2, 0) is 11.2 Å². The van der Waals surface area contributed by atoms with E-state index in [2.05, 4.69) is 114 Å². The fourth-order valence-electron chi connectivity index (χ4n) is 8.73. The number of aryl methyl sites for hydroxylation is 2. The number of hydrogen-bond donors (Lipinski definition) is 0. The van der Waals surface area contributed by atoms with Gasteiger partial charge in [-0.2, -0.15) is 0 Å². The van der Waals surface area contributed by atoms with E-state index in [4.69, 9.17) is 4.74 Å². The SMILES string of the molecule is CCOCCCCCCCCc1ccc2c3c1c1ccccc1n3-c1cccc3c1B2c1ccc(C)c2c4ccccc4n-3c12. The average molecular weight is 587 g/mol. The van der Waals surface area contributed by atoms with Gasteiger partial charge >= 0.3 is 0 Å². The molecule has 3 nitrogen and oxygen atoms in total. The highest BCUT2D eigenvalue weighted by Gasteiger charge is 2.40. The number of fused-ring (bicyclic) bond motifs is 10. The molecule has 7 aromatic rings. The van der Waals surface area contributed by atoms with Crippen LogP contribution in [0.4, 0.5) is 0 Å². The molecule has 222 valence electrons. The topological polar surface area (TPSA) is 19.1 Å². The quantitative estimate of drug-likeness (QED) is 0.117. The number of rotatable bonds is 10. The van der Waals surface area contributed by atoms with Crippen molar-refractivity contribution in [1.82, 2.24) is 9.13 Å². The second-order valence-electron chi connectivity index (χ2n) is 13.1. The Morgan fingerprint density at radius 3 is 1.91 bits per heavy atom. The maximum absolute atomic E-state index is 5.52. The highest BCUT2D eigenvalue weighted by molar-refractivity contribution is 7.00. The standard InChI is InChI=1S/C41H39BN2O/c1-3-45-26-13-7-5-4-6-8-15-28-23-25-32-41-38(28)30-17-10-12-19-34(30)44(41)36-21-14-20-35-39(36)42(32)31-24-22-27(2)37-29-16-9-11-18-33(29)43(35)40(31)37/h9-12,14,16-25H,3-8,13,15,26H2,1-2H3. The van der Waals surface area contributed by atoms with Crippen LogP contribution >= 0.6 is 0 Å². The summed E-state index contributed by atoms with van der Waals surface area (Å²) in [5.74, 6) is 0. The van der Waals surface area contributed by atoms with Crippen molar-refractivity contribution < 1.29 is 4.74 Å². The molecule has 2 aromatic heterocycles. The number of aromatic nitrogens is 2. The van der Waals surface area contributed by atoms with Crippen LogP contribution in [0, 0.1) is 6.92 Å². The van der Waals surface area contributed by atoms with Gasteiger partial charge in [0.15, 0.2) is 0 Å². The van der Waals surface area contributed by atoms with Crippen LogP contribution in [0.3, 0.4) is 0 Å². The van der Waals surface area contributed by atoms with E-state index in [9.17, 15) is 0 Å². The normalized spacial score (nSPS) is 13.1. The predicted octanol–water partition coefficient (Wildman–Crippen LogP) is 8.25. The Balaban J connectivity index is 1.20. The lowest BCUT2D eigenvalue weighted by Crippen LogP contribution is -2.59. The molecule has 9 rings (SSSR count). The molecule has 0 atom stereocenters. The number of nitrogens with zero attached hydrogens (tertiary/aromatic N) is 2. The van der Waals surface area contributed by atoms with Gasteiger partial charge in [0.05, 0.1) is 11.0 Å². The average Bonchev–Trinajstić information content (AvgIpc) is 3.61. The third-order valence-electron chi connectivity index (χ3n) is 10.6. The molecule has 2 aliphatic heterocycles. The van der Waals surface area contributed by atoms with Crippen molar-refractivity contribution in [1.29, 1.82) is 0 Å². The van der Waals surface area contributed by atoms with Crippen molar-refractivity contribution in [2.45, 2.75) is 58.8 Å². The minimum Gasteiger partial charge on any atom is -0.382 e. The van der Waals surface area contributed by atoms with Gasteiger partial charge in [-0.15, -0.1) is 0 Å². The number of benzene rings is 5. The van der Waals surface area contributed by atoms with Crippen LogP contribution in [0.1, 0.15) is 56.6 Å². The molecule has 0 N–H and O–H groups in total. The minimum atomic E-state index is 0.209. The molecule has 0 saturated heterocycles. The summed E-state index contributed by atoms with van der Waals surface area (Å²) in [5, 5.41) is 5.60. The molecule has 2 aliphatic rings. The van der Waals surface area contributed by atoms with E-state index in [-0.39, 0.29) is 6.71 Å². The minimum absolute atomic E-state index is 0.209. The fourth-order valence-corrected chi connectivity index (χ4v) is 8.73. The molecule has 4 heteroatoms. The van der Waals surface area contributed by atoms with Crippen molar-refractivity contribution in [2.24, 2.45) is 0 Å². The van der Waals surface area contributed by atoms with E-state index in [1.165, 1.54) is 121 Å². The summed E-state index contributed by atoms with van der Waals surface area (Å²) in [6.07, 6.45) is 8.74. The largest absolute Gasteiger partial charge is 0.382 e. The summed E-state index contributed by atoms with van der Waals surface area (Å²) in [6.45, 7) is 6.30. The summed E-state index contributed by atoms with van der Waals surface area (Å²) in [6, 6.07) is 34.8.